The van der Waals surface area contributed by atoms with E-state index in [1.54, 1.807) is 6.92 Å². The van der Waals surface area contributed by atoms with Crippen LogP contribution in [0, 0.1) is 0 Å². The van der Waals surface area contributed by atoms with Crippen molar-refractivity contribution < 1.29 is 9.59 Å². The van der Waals surface area contributed by atoms with Gasteiger partial charge in [0, 0.05) is 18.5 Å². The van der Waals surface area contributed by atoms with Gasteiger partial charge in [-0.2, -0.15) is 0 Å². The molecule has 0 spiro atoms. The van der Waals surface area contributed by atoms with Crippen molar-refractivity contribution in [3.63, 3.8) is 0 Å². The summed E-state index contributed by atoms with van der Waals surface area (Å²) < 4.78 is 2.09. The van der Waals surface area contributed by atoms with Crippen molar-refractivity contribution in [3.8, 4) is 0 Å². The van der Waals surface area contributed by atoms with E-state index in [9.17, 15) is 9.59 Å². The number of fused-ring (bicyclic) bond motifs is 3. The molecule has 2 N–H and O–H groups in total. The Hall–Kier alpha value is -2.68. The van der Waals surface area contributed by atoms with Gasteiger partial charge in [0.2, 0.25) is 17.0 Å². The number of aromatic nitrogens is 4. The second-order valence-electron chi connectivity index (χ2n) is 6.40. The molecule has 9 heteroatoms. The van der Waals surface area contributed by atoms with Crippen LogP contribution in [0.3, 0.4) is 0 Å². The van der Waals surface area contributed by atoms with Gasteiger partial charge >= 0.3 is 0 Å². The van der Waals surface area contributed by atoms with E-state index in [4.69, 9.17) is 0 Å². The third-order valence-corrected chi connectivity index (χ3v) is 5.16. The molecule has 0 aliphatic rings. The number of benzene rings is 1. The molecule has 148 valence electrons. The summed E-state index contributed by atoms with van der Waals surface area (Å²) in [7, 11) is 0. The standard InChI is InChI=1S/C19H24N6O2S/c1-4-10-20-18(27)12(3)21-15(26)11-28-19-22-17-16(23-24-19)13-8-6-7-9-14(13)25(17)5-2/h6-9,12H,4-5,10-11H2,1-3H3,(H,20,27)(H,21,26). The molecule has 0 radical (unpaired) electrons. The summed E-state index contributed by atoms with van der Waals surface area (Å²) in [5, 5.41) is 15.4. The first-order valence-corrected chi connectivity index (χ1v) is 10.3. The molecule has 0 aliphatic carbocycles. The summed E-state index contributed by atoms with van der Waals surface area (Å²) in [5.74, 6) is -0.318. The smallest absolute Gasteiger partial charge is 0.242 e. The predicted octanol–water partition coefficient (Wildman–Crippen LogP) is 2.12. The van der Waals surface area contributed by atoms with Gasteiger partial charge in [0.15, 0.2) is 5.65 Å². The first-order valence-electron chi connectivity index (χ1n) is 9.36. The highest BCUT2D eigenvalue weighted by molar-refractivity contribution is 7.99. The molecule has 1 atom stereocenters. The number of amides is 2. The van der Waals surface area contributed by atoms with E-state index in [0.29, 0.717) is 11.7 Å². The van der Waals surface area contributed by atoms with Gasteiger partial charge in [-0.1, -0.05) is 36.9 Å². The molecule has 3 rings (SSSR count). The molecule has 1 unspecified atom stereocenters. The van der Waals surface area contributed by atoms with Crippen molar-refractivity contribution in [1.29, 1.82) is 0 Å². The maximum absolute atomic E-state index is 12.1. The van der Waals surface area contributed by atoms with Gasteiger partial charge in [0.05, 0.1) is 11.3 Å². The van der Waals surface area contributed by atoms with Gasteiger partial charge in [0.1, 0.15) is 11.6 Å². The molecule has 2 amide bonds. The van der Waals surface area contributed by atoms with Gasteiger partial charge in [-0.15, -0.1) is 10.2 Å². The summed E-state index contributed by atoms with van der Waals surface area (Å²) in [6, 6.07) is 7.41. The van der Waals surface area contributed by atoms with Crippen LogP contribution < -0.4 is 10.6 Å². The number of carbonyl (C=O) groups is 2. The normalized spacial score (nSPS) is 12.2. The summed E-state index contributed by atoms with van der Waals surface area (Å²) >= 11 is 1.20. The Labute approximate surface area is 167 Å². The monoisotopic (exact) mass is 400 g/mol. The maximum Gasteiger partial charge on any atom is 0.242 e. The lowest BCUT2D eigenvalue weighted by Crippen LogP contribution is -2.45. The van der Waals surface area contributed by atoms with Gasteiger partial charge < -0.3 is 15.2 Å². The molecule has 0 aliphatic heterocycles. The van der Waals surface area contributed by atoms with E-state index in [1.165, 1.54) is 11.8 Å². The van der Waals surface area contributed by atoms with Crippen LogP contribution in [0.15, 0.2) is 29.4 Å². The quantitative estimate of drug-likeness (QED) is 0.562. The predicted molar refractivity (Wildman–Crippen MR) is 110 cm³/mol. The maximum atomic E-state index is 12.1. The number of aryl methyl sites for hydroxylation is 1. The average Bonchev–Trinajstić information content (AvgIpc) is 3.03. The van der Waals surface area contributed by atoms with Crippen molar-refractivity contribution in [2.75, 3.05) is 12.3 Å². The molecule has 8 nitrogen and oxygen atoms in total. The van der Waals surface area contributed by atoms with Crippen LogP contribution in [-0.2, 0) is 16.1 Å². The van der Waals surface area contributed by atoms with Gasteiger partial charge in [0.25, 0.3) is 0 Å². The molecule has 3 aromatic rings. The van der Waals surface area contributed by atoms with E-state index in [-0.39, 0.29) is 17.6 Å². The lowest BCUT2D eigenvalue weighted by molar-refractivity contribution is -0.127. The molecule has 0 saturated heterocycles. The van der Waals surface area contributed by atoms with Crippen LogP contribution in [0.5, 0.6) is 0 Å². The number of thioether (sulfide) groups is 1. The molecule has 0 saturated carbocycles. The molecule has 2 aromatic heterocycles. The summed E-state index contributed by atoms with van der Waals surface area (Å²) in [6.07, 6.45) is 0.851. The largest absolute Gasteiger partial charge is 0.354 e. The van der Waals surface area contributed by atoms with Crippen LogP contribution in [0.2, 0.25) is 0 Å². The topological polar surface area (TPSA) is 102 Å². The zero-order valence-electron chi connectivity index (χ0n) is 16.2. The molecule has 2 heterocycles. The van der Waals surface area contributed by atoms with Gasteiger partial charge in [-0.05, 0) is 26.3 Å². The number of para-hydroxylation sites is 1. The highest BCUT2D eigenvalue weighted by Crippen LogP contribution is 2.26. The minimum absolute atomic E-state index is 0.116. The Balaban J connectivity index is 1.69. The number of hydrogen-bond donors (Lipinski definition) is 2. The van der Waals surface area contributed by atoms with Crippen LogP contribution in [0.25, 0.3) is 22.1 Å². The van der Waals surface area contributed by atoms with Crippen molar-refractivity contribution in [2.45, 2.75) is 44.9 Å². The van der Waals surface area contributed by atoms with Crippen molar-refractivity contribution in [3.05, 3.63) is 24.3 Å². The first kappa shape index (κ1) is 20.1. The Kier molecular flexibility index (Phi) is 6.45. The third-order valence-electron chi connectivity index (χ3n) is 4.32. The van der Waals surface area contributed by atoms with Crippen molar-refractivity contribution >= 4 is 45.6 Å². The lowest BCUT2D eigenvalue weighted by atomic mass is 10.2. The average molecular weight is 401 g/mol. The minimum atomic E-state index is -0.580. The number of nitrogens with zero attached hydrogens (tertiary/aromatic N) is 4. The van der Waals surface area contributed by atoms with Crippen LogP contribution in [0.1, 0.15) is 27.2 Å². The van der Waals surface area contributed by atoms with Crippen LogP contribution in [-0.4, -0.2) is 49.9 Å². The SMILES string of the molecule is CCCNC(=O)C(C)NC(=O)CSc1nnc2c3ccccc3n(CC)c2n1. The summed E-state index contributed by atoms with van der Waals surface area (Å²) in [4.78, 5) is 28.6. The van der Waals surface area contributed by atoms with Gasteiger partial charge in [-0.3, -0.25) is 9.59 Å². The lowest BCUT2D eigenvalue weighted by Gasteiger charge is -2.13. The summed E-state index contributed by atoms with van der Waals surface area (Å²) in [6.45, 7) is 7.05. The van der Waals surface area contributed by atoms with E-state index >= 15 is 0 Å². The fourth-order valence-corrected chi connectivity index (χ4v) is 3.54. The first-order chi connectivity index (χ1) is 13.5. The Morgan fingerprint density at radius 3 is 2.75 bits per heavy atom. The Bertz CT molecular complexity index is 1000. The van der Waals surface area contributed by atoms with Gasteiger partial charge in [-0.25, -0.2) is 4.98 Å². The number of nitrogens with one attached hydrogen (secondary N) is 2. The second kappa shape index (κ2) is 9.01. The zero-order valence-corrected chi connectivity index (χ0v) is 17.0. The van der Waals surface area contributed by atoms with Crippen LogP contribution >= 0.6 is 11.8 Å². The molecule has 28 heavy (non-hydrogen) atoms. The van der Waals surface area contributed by atoms with Crippen LogP contribution in [0.4, 0.5) is 0 Å². The molecule has 1 aromatic carbocycles. The summed E-state index contributed by atoms with van der Waals surface area (Å²) in [5.41, 5.74) is 2.58. The second-order valence-corrected chi connectivity index (χ2v) is 7.34. The van der Waals surface area contributed by atoms with Crippen molar-refractivity contribution in [2.24, 2.45) is 0 Å². The molecule has 0 fully saturated rings. The van der Waals surface area contributed by atoms with E-state index in [2.05, 4.69) is 37.3 Å². The number of rotatable bonds is 8. The number of carbonyl (C=O) groups excluding carboxylic acids is 2. The zero-order chi connectivity index (χ0) is 20.1. The highest BCUT2D eigenvalue weighted by Gasteiger charge is 2.17. The van der Waals surface area contributed by atoms with E-state index in [0.717, 1.165) is 35.0 Å². The Morgan fingerprint density at radius 1 is 1.21 bits per heavy atom. The number of hydrogen-bond acceptors (Lipinski definition) is 6. The van der Waals surface area contributed by atoms with E-state index in [1.807, 2.05) is 31.2 Å². The van der Waals surface area contributed by atoms with Crippen molar-refractivity contribution in [1.82, 2.24) is 30.4 Å². The van der Waals surface area contributed by atoms with E-state index < -0.39 is 6.04 Å². The minimum Gasteiger partial charge on any atom is -0.354 e. The third kappa shape index (κ3) is 4.24. The fourth-order valence-electron chi connectivity index (χ4n) is 2.95. The Morgan fingerprint density at radius 2 is 2.00 bits per heavy atom. The molecular weight excluding hydrogens is 376 g/mol. The molecular formula is C19H24N6O2S. The highest BCUT2D eigenvalue weighted by atomic mass is 32.2. The molecule has 0 bridgehead atoms. The fraction of sp³-hybridized carbons (Fsp3) is 0.421.